The topological polar surface area (TPSA) is 136 Å². The number of anilines is 1. The van der Waals surface area contributed by atoms with Crippen molar-refractivity contribution in [3.8, 4) is 0 Å². The highest BCUT2D eigenvalue weighted by molar-refractivity contribution is 5.70. The number of hydrogen-bond donors (Lipinski definition) is 3. The summed E-state index contributed by atoms with van der Waals surface area (Å²) in [6, 6.07) is 0. The Balaban J connectivity index is 1.83. The summed E-state index contributed by atoms with van der Waals surface area (Å²) in [5, 5.41) is 9.18. The number of carbonyl (C=O) groups excluding carboxylic acids is 1. The smallest absolute Gasteiger partial charge is 0.305 e. The Morgan fingerprint density at radius 1 is 1.23 bits per heavy atom. The van der Waals surface area contributed by atoms with E-state index in [9.17, 15) is 14.7 Å². The third-order valence-corrected chi connectivity index (χ3v) is 5.18. The molecule has 1 atom stereocenters. The van der Waals surface area contributed by atoms with Gasteiger partial charge in [-0.1, -0.05) is 45.4 Å². The predicted molar refractivity (Wildman–Crippen MR) is 116 cm³/mol. The number of aromatic nitrogens is 4. The van der Waals surface area contributed by atoms with Gasteiger partial charge in [-0.15, -0.1) is 0 Å². The largest absolute Gasteiger partial charge is 0.465 e. The Kier molecular flexibility index (Phi) is 10.3. The second kappa shape index (κ2) is 13.0. The number of ether oxygens (including phenoxy) is 1. The zero-order valence-electron chi connectivity index (χ0n) is 17.9. The van der Waals surface area contributed by atoms with Crippen molar-refractivity contribution in [2.75, 3.05) is 18.9 Å². The highest BCUT2D eigenvalue weighted by Gasteiger charge is 2.16. The Morgan fingerprint density at radius 2 is 1.97 bits per heavy atom. The Labute approximate surface area is 177 Å². The van der Waals surface area contributed by atoms with Crippen molar-refractivity contribution in [3.05, 3.63) is 16.7 Å². The van der Waals surface area contributed by atoms with E-state index in [0.717, 1.165) is 19.3 Å². The van der Waals surface area contributed by atoms with Crippen molar-refractivity contribution in [1.82, 2.24) is 19.5 Å². The van der Waals surface area contributed by atoms with Crippen molar-refractivity contribution in [3.63, 3.8) is 0 Å². The number of aliphatic hydroxyl groups is 1. The molecule has 168 valence electrons. The van der Waals surface area contributed by atoms with Gasteiger partial charge < -0.3 is 20.1 Å². The van der Waals surface area contributed by atoms with Gasteiger partial charge >= 0.3 is 5.97 Å². The maximum atomic E-state index is 12.1. The Hall–Kier alpha value is -2.42. The van der Waals surface area contributed by atoms with Gasteiger partial charge in [-0.25, -0.2) is 4.98 Å². The summed E-state index contributed by atoms with van der Waals surface area (Å²) in [4.78, 5) is 34.7. The summed E-state index contributed by atoms with van der Waals surface area (Å²) in [5.41, 5.74) is 5.88. The first-order chi connectivity index (χ1) is 14.5. The number of fused-ring (bicyclic) bond motifs is 1. The minimum atomic E-state index is -0.385. The number of nitrogens with one attached hydrogen (secondary N) is 1. The van der Waals surface area contributed by atoms with E-state index in [-0.39, 0.29) is 42.1 Å². The molecule has 9 nitrogen and oxygen atoms in total. The Bertz CT molecular complexity index is 832. The summed E-state index contributed by atoms with van der Waals surface area (Å²) in [7, 11) is 0. The van der Waals surface area contributed by atoms with Gasteiger partial charge in [-0.05, 0) is 19.3 Å². The van der Waals surface area contributed by atoms with Crippen LogP contribution in [0.2, 0.25) is 0 Å². The van der Waals surface area contributed by atoms with E-state index in [1.807, 2.05) is 0 Å². The molecule has 0 aromatic carbocycles. The maximum Gasteiger partial charge on any atom is 0.305 e. The zero-order valence-corrected chi connectivity index (χ0v) is 17.9. The first-order valence-electron chi connectivity index (χ1n) is 11.0. The van der Waals surface area contributed by atoms with Crippen LogP contribution in [0.1, 0.15) is 71.1 Å². The van der Waals surface area contributed by atoms with Gasteiger partial charge in [0.15, 0.2) is 11.2 Å². The van der Waals surface area contributed by atoms with Crippen LogP contribution in [0.5, 0.6) is 0 Å². The van der Waals surface area contributed by atoms with E-state index < -0.39 is 0 Å². The fraction of sp³-hybridized carbons (Fsp3) is 0.714. The van der Waals surface area contributed by atoms with Gasteiger partial charge in [0.25, 0.3) is 5.56 Å². The van der Waals surface area contributed by atoms with Gasteiger partial charge in [-0.2, -0.15) is 4.98 Å². The summed E-state index contributed by atoms with van der Waals surface area (Å²) >= 11 is 0. The number of nitrogens with zero attached hydrogens (tertiary/aromatic N) is 3. The molecule has 4 N–H and O–H groups in total. The molecule has 2 rings (SSSR count). The first-order valence-corrected chi connectivity index (χ1v) is 11.0. The number of rotatable bonds is 15. The summed E-state index contributed by atoms with van der Waals surface area (Å²) in [5.74, 6) is -0.177. The molecule has 0 bridgehead atoms. The van der Waals surface area contributed by atoms with Gasteiger partial charge in [-0.3, -0.25) is 14.6 Å². The van der Waals surface area contributed by atoms with E-state index >= 15 is 0 Å². The standard InChI is InChI=1S/C21H35N5O4/c1-2-3-4-5-6-7-8-11-17(28)30-14-16(10-9-12-27)13-26-15-23-18-19(26)24-21(22)25-20(18)29/h15-16,27H,2-14H2,1H3,(H3,22,24,25,29)/t16-/m1/s1. The first kappa shape index (κ1) is 23.9. The molecule has 0 aliphatic carbocycles. The highest BCUT2D eigenvalue weighted by Crippen LogP contribution is 2.15. The highest BCUT2D eigenvalue weighted by atomic mass is 16.5. The molecule has 2 heterocycles. The predicted octanol–water partition coefficient (Wildman–Crippen LogP) is 2.77. The van der Waals surface area contributed by atoms with Gasteiger partial charge in [0.05, 0.1) is 12.9 Å². The van der Waals surface area contributed by atoms with Crippen LogP contribution in [0.3, 0.4) is 0 Å². The lowest BCUT2D eigenvalue weighted by molar-refractivity contribution is -0.145. The molecular weight excluding hydrogens is 386 g/mol. The van der Waals surface area contributed by atoms with Crippen molar-refractivity contribution < 1.29 is 14.6 Å². The fourth-order valence-electron chi connectivity index (χ4n) is 3.50. The summed E-state index contributed by atoms with van der Waals surface area (Å²) in [6.45, 7) is 2.99. The molecule has 0 aliphatic rings. The fourth-order valence-corrected chi connectivity index (χ4v) is 3.50. The number of carbonyl (C=O) groups is 1. The molecule has 2 aromatic rings. The minimum absolute atomic E-state index is 0.0187. The van der Waals surface area contributed by atoms with Gasteiger partial charge in [0.2, 0.25) is 5.95 Å². The molecule has 0 amide bonds. The molecule has 0 fully saturated rings. The van der Waals surface area contributed by atoms with Crippen molar-refractivity contribution in [2.45, 2.75) is 77.7 Å². The van der Waals surface area contributed by atoms with Crippen molar-refractivity contribution in [1.29, 1.82) is 0 Å². The molecule has 0 radical (unpaired) electrons. The van der Waals surface area contributed by atoms with E-state index in [2.05, 4.69) is 21.9 Å². The van der Waals surface area contributed by atoms with Crippen LogP contribution in [0.15, 0.2) is 11.1 Å². The van der Waals surface area contributed by atoms with Crippen LogP contribution >= 0.6 is 0 Å². The summed E-state index contributed by atoms with van der Waals surface area (Å²) in [6.07, 6.45) is 11.3. The van der Waals surface area contributed by atoms with Crippen LogP contribution in [0.25, 0.3) is 11.2 Å². The van der Waals surface area contributed by atoms with Gasteiger partial charge in [0, 0.05) is 25.5 Å². The SMILES string of the molecule is CCCCCCCCCC(=O)OC[C@H](CCCO)Cn1cnc2c(=O)[nH]c(N)nc21. The number of H-pyrrole nitrogens is 1. The molecule has 0 saturated heterocycles. The molecule has 0 spiro atoms. The van der Waals surface area contributed by atoms with Crippen LogP contribution in [-0.4, -0.2) is 43.8 Å². The van der Waals surface area contributed by atoms with Crippen molar-refractivity contribution >= 4 is 23.1 Å². The van der Waals surface area contributed by atoms with E-state index in [0.29, 0.717) is 31.5 Å². The zero-order chi connectivity index (χ0) is 21.8. The average Bonchev–Trinajstić information content (AvgIpc) is 3.12. The summed E-state index contributed by atoms with van der Waals surface area (Å²) < 4.78 is 7.23. The second-order valence-electron chi connectivity index (χ2n) is 7.81. The number of nitrogen functional groups attached to an aromatic ring is 1. The third kappa shape index (κ3) is 7.78. The Morgan fingerprint density at radius 3 is 2.70 bits per heavy atom. The number of unbranched alkanes of at least 4 members (excludes halogenated alkanes) is 6. The lowest BCUT2D eigenvalue weighted by Crippen LogP contribution is -2.20. The lowest BCUT2D eigenvalue weighted by atomic mass is 10.0. The van der Waals surface area contributed by atoms with Crippen LogP contribution < -0.4 is 11.3 Å². The lowest BCUT2D eigenvalue weighted by Gasteiger charge is -2.17. The molecule has 0 unspecified atom stereocenters. The second-order valence-corrected chi connectivity index (χ2v) is 7.81. The van der Waals surface area contributed by atoms with Crippen LogP contribution in [-0.2, 0) is 16.1 Å². The average molecular weight is 422 g/mol. The quantitative estimate of drug-likeness (QED) is 0.297. The maximum absolute atomic E-state index is 12.1. The normalized spacial score (nSPS) is 12.3. The van der Waals surface area contributed by atoms with E-state index in [1.165, 1.54) is 25.7 Å². The van der Waals surface area contributed by atoms with Crippen molar-refractivity contribution in [2.24, 2.45) is 5.92 Å². The number of aromatic amines is 1. The third-order valence-electron chi connectivity index (χ3n) is 5.18. The molecule has 2 aromatic heterocycles. The monoisotopic (exact) mass is 421 g/mol. The number of hydrogen-bond acceptors (Lipinski definition) is 7. The number of nitrogens with two attached hydrogens (primary N) is 1. The van der Waals surface area contributed by atoms with Crippen LogP contribution in [0.4, 0.5) is 5.95 Å². The molecule has 0 aliphatic heterocycles. The van der Waals surface area contributed by atoms with Gasteiger partial charge in [0.1, 0.15) is 0 Å². The minimum Gasteiger partial charge on any atom is -0.465 e. The molecule has 30 heavy (non-hydrogen) atoms. The van der Waals surface area contributed by atoms with E-state index in [4.69, 9.17) is 10.5 Å². The van der Waals surface area contributed by atoms with Crippen LogP contribution in [0, 0.1) is 5.92 Å². The molecule has 0 saturated carbocycles. The molecular formula is C21H35N5O4. The number of imidazole rings is 1. The number of aliphatic hydroxyl groups excluding tert-OH is 1. The molecule has 9 heteroatoms. The number of esters is 1. The van der Waals surface area contributed by atoms with E-state index in [1.54, 1.807) is 10.9 Å².